The molecule has 0 N–H and O–H groups in total. The van der Waals surface area contributed by atoms with Crippen LogP contribution >= 0.6 is 0 Å². The minimum atomic E-state index is -0.689. The maximum Gasteiger partial charge on any atom is 0.0696 e. The summed E-state index contributed by atoms with van der Waals surface area (Å²) in [5.74, 6) is 0. The quantitative estimate of drug-likeness (QED) is 0.660. The third kappa shape index (κ3) is 3.51. The molecule has 0 amide bonds. The van der Waals surface area contributed by atoms with Crippen molar-refractivity contribution >= 4 is 0 Å². The molecule has 2 nitrogen and oxygen atoms in total. The molecule has 26 heavy (non-hydrogen) atoms. The van der Waals surface area contributed by atoms with Crippen molar-refractivity contribution in [3.8, 4) is 12.1 Å². The van der Waals surface area contributed by atoms with E-state index >= 15 is 0 Å². The van der Waals surface area contributed by atoms with Crippen LogP contribution in [0.15, 0.2) is 48.5 Å². The Morgan fingerprint density at radius 3 is 1.38 bits per heavy atom. The number of nitriles is 2. The van der Waals surface area contributed by atoms with E-state index in [1.165, 1.54) is 11.1 Å². The number of rotatable bonds is 5. The Morgan fingerprint density at radius 1 is 0.692 bits per heavy atom. The topological polar surface area (TPSA) is 47.6 Å². The van der Waals surface area contributed by atoms with Crippen LogP contribution in [0.25, 0.3) is 0 Å². The van der Waals surface area contributed by atoms with Crippen LogP contribution in [-0.4, -0.2) is 0 Å². The molecular weight excluding hydrogens is 316 g/mol. The molecule has 2 heteroatoms. The van der Waals surface area contributed by atoms with Crippen molar-refractivity contribution in [1.82, 2.24) is 0 Å². The van der Waals surface area contributed by atoms with Crippen LogP contribution in [0.1, 0.15) is 56.4 Å². The summed E-state index contributed by atoms with van der Waals surface area (Å²) < 4.78 is 0. The Bertz CT molecular complexity index is 796. The lowest BCUT2D eigenvalue weighted by molar-refractivity contribution is 0.206. The predicted octanol–water partition coefficient (Wildman–Crippen LogP) is 6.08. The minimum absolute atomic E-state index is 0.566. The van der Waals surface area contributed by atoms with Crippen molar-refractivity contribution in [3.05, 3.63) is 70.8 Å². The highest BCUT2D eigenvalue weighted by Crippen LogP contribution is 2.53. The highest BCUT2D eigenvalue weighted by Gasteiger charge is 2.51. The maximum atomic E-state index is 10.1. The SMILES string of the molecule is Cc1ccc(C(CC(C)(C)C#N)(c2ccc(C)cc2)C(C)(C)C#N)cc1. The molecule has 0 radical (unpaired) electrons. The summed E-state index contributed by atoms with van der Waals surface area (Å²) in [5.41, 5.74) is 2.70. The first kappa shape index (κ1) is 19.7. The molecule has 0 bridgehead atoms. The van der Waals surface area contributed by atoms with Crippen molar-refractivity contribution in [2.24, 2.45) is 10.8 Å². The summed E-state index contributed by atoms with van der Waals surface area (Å²) in [6.07, 6.45) is 0.573. The van der Waals surface area contributed by atoms with E-state index < -0.39 is 16.2 Å². The van der Waals surface area contributed by atoms with E-state index in [9.17, 15) is 10.5 Å². The van der Waals surface area contributed by atoms with Crippen molar-refractivity contribution in [2.75, 3.05) is 0 Å². The molecule has 0 spiro atoms. The van der Waals surface area contributed by atoms with Gasteiger partial charge >= 0.3 is 0 Å². The molecule has 2 aromatic rings. The molecule has 0 saturated carbocycles. The lowest BCUT2D eigenvalue weighted by Crippen LogP contribution is -2.45. The largest absolute Gasteiger partial charge is 0.198 e. The van der Waals surface area contributed by atoms with Gasteiger partial charge in [0.25, 0.3) is 0 Å². The monoisotopic (exact) mass is 344 g/mol. The van der Waals surface area contributed by atoms with E-state index in [0.717, 1.165) is 11.1 Å². The number of nitrogens with zero attached hydrogens (tertiary/aromatic N) is 2. The molecule has 0 aliphatic heterocycles. The Hall–Kier alpha value is -2.58. The Kier molecular flexibility index (Phi) is 5.29. The lowest BCUT2D eigenvalue weighted by Gasteiger charge is -2.47. The van der Waals surface area contributed by atoms with Crippen LogP contribution in [0.4, 0.5) is 0 Å². The van der Waals surface area contributed by atoms with Gasteiger partial charge in [-0.25, -0.2) is 0 Å². The molecule has 2 aromatic carbocycles. The van der Waals surface area contributed by atoms with Crippen molar-refractivity contribution < 1.29 is 0 Å². The second-order valence-corrected chi connectivity index (χ2v) is 8.55. The fraction of sp³-hybridized carbons (Fsp3) is 0.417. The average Bonchev–Trinajstić information content (AvgIpc) is 2.61. The van der Waals surface area contributed by atoms with Crippen LogP contribution in [-0.2, 0) is 5.41 Å². The van der Waals surface area contributed by atoms with Crippen molar-refractivity contribution in [3.63, 3.8) is 0 Å². The summed E-state index contributed by atoms with van der Waals surface area (Å²) >= 11 is 0. The first-order valence-corrected chi connectivity index (χ1v) is 9.05. The smallest absolute Gasteiger partial charge is 0.0696 e. The fourth-order valence-electron chi connectivity index (χ4n) is 3.79. The van der Waals surface area contributed by atoms with Gasteiger partial charge in [-0.3, -0.25) is 0 Å². The van der Waals surface area contributed by atoms with Gasteiger partial charge < -0.3 is 0 Å². The highest BCUT2D eigenvalue weighted by atomic mass is 14.5. The number of aryl methyl sites for hydroxylation is 2. The minimum Gasteiger partial charge on any atom is -0.198 e. The van der Waals surface area contributed by atoms with E-state index in [2.05, 4.69) is 74.5 Å². The van der Waals surface area contributed by atoms with Gasteiger partial charge in [-0.1, -0.05) is 59.7 Å². The van der Waals surface area contributed by atoms with Gasteiger partial charge in [0, 0.05) is 5.41 Å². The molecule has 0 unspecified atom stereocenters. The lowest BCUT2D eigenvalue weighted by atomic mass is 9.54. The van der Waals surface area contributed by atoms with Crippen LogP contribution in [0.2, 0.25) is 0 Å². The van der Waals surface area contributed by atoms with Gasteiger partial charge in [0.1, 0.15) is 0 Å². The van der Waals surface area contributed by atoms with Gasteiger partial charge in [0.2, 0.25) is 0 Å². The zero-order valence-electron chi connectivity index (χ0n) is 16.7. The van der Waals surface area contributed by atoms with Crippen LogP contribution in [0.5, 0.6) is 0 Å². The van der Waals surface area contributed by atoms with E-state index in [1.807, 2.05) is 27.7 Å². The first-order chi connectivity index (χ1) is 12.1. The van der Waals surface area contributed by atoms with Gasteiger partial charge in [-0.05, 0) is 59.1 Å². The molecule has 0 fully saturated rings. The second-order valence-electron chi connectivity index (χ2n) is 8.55. The molecule has 0 saturated heterocycles. The number of hydrogen-bond donors (Lipinski definition) is 0. The molecule has 0 atom stereocenters. The fourth-order valence-corrected chi connectivity index (χ4v) is 3.79. The summed E-state index contributed by atoms with van der Waals surface area (Å²) in [7, 11) is 0. The summed E-state index contributed by atoms with van der Waals surface area (Å²) in [6, 6.07) is 21.8. The van der Waals surface area contributed by atoms with Crippen LogP contribution in [0, 0.1) is 47.3 Å². The second kappa shape index (κ2) is 6.97. The zero-order chi connectivity index (χ0) is 19.6. The van der Waals surface area contributed by atoms with E-state index in [1.54, 1.807) is 0 Å². The molecule has 0 aromatic heterocycles. The van der Waals surface area contributed by atoms with Gasteiger partial charge in [0.15, 0.2) is 0 Å². The van der Waals surface area contributed by atoms with Gasteiger partial charge in [0.05, 0.1) is 23.0 Å². The molecule has 0 heterocycles. The Balaban J connectivity index is 2.88. The molecule has 0 aliphatic carbocycles. The third-order valence-corrected chi connectivity index (χ3v) is 5.44. The zero-order valence-corrected chi connectivity index (χ0v) is 16.7. The standard InChI is InChI=1S/C24H28N2/c1-18-7-11-20(12-8-18)24(23(5,6)17-26,15-22(3,4)16-25)21-13-9-19(2)10-14-21/h7-14H,15H2,1-6H3. The summed E-state index contributed by atoms with van der Waals surface area (Å²) in [5, 5.41) is 19.8. The molecule has 2 rings (SSSR count). The first-order valence-electron chi connectivity index (χ1n) is 9.05. The Morgan fingerprint density at radius 2 is 1.08 bits per heavy atom. The van der Waals surface area contributed by atoms with E-state index in [-0.39, 0.29) is 0 Å². The molecule has 0 aliphatic rings. The van der Waals surface area contributed by atoms with E-state index in [0.29, 0.717) is 6.42 Å². The molecule has 134 valence electrons. The maximum absolute atomic E-state index is 10.1. The van der Waals surface area contributed by atoms with Crippen LogP contribution in [0.3, 0.4) is 0 Å². The highest BCUT2D eigenvalue weighted by molar-refractivity contribution is 5.46. The number of benzene rings is 2. The van der Waals surface area contributed by atoms with E-state index in [4.69, 9.17) is 0 Å². The molecular formula is C24H28N2. The normalized spacial score (nSPS) is 12.3. The Labute approximate surface area is 158 Å². The van der Waals surface area contributed by atoms with Crippen molar-refractivity contribution in [2.45, 2.75) is 53.4 Å². The summed E-state index contributed by atoms with van der Waals surface area (Å²) in [6.45, 7) is 12.0. The third-order valence-electron chi connectivity index (χ3n) is 5.44. The summed E-state index contributed by atoms with van der Waals surface area (Å²) in [4.78, 5) is 0. The number of hydrogen-bond acceptors (Lipinski definition) is 2. The van der Waals surface area contributed by atoms with Gasteiger partial charge in [-0.15, -0.1) is 0 Å². The average molecular weight is 345 g/mol. The van der Waals surface area contributed by atoms with Crippen molar-refractivity contribution in [1.29, 1.82) is 10.5 Å². The van der Waals surface area contributed by atoms with Gasteiger partial charge in [-0.2, -0.15) is 10.5 Å². The van der Waals surface area contributed by atoms with Crippen LogP contribution < -0.4 is 0 Å². The predicted molar refractivity (Wildman–Crippen MR) is 107 cm³/mol.